The lowest BCUT2D eigenvalue weighted by molar-refractivity contribution is 0.263. The van der Waals surface area contributed by atoms with Crippen molar-refractivity contribution in [3.8, 4) is 0 Å². The van der Waals surface area contributed by atoms with Crippen LogP contribution in [-0.4, -0.2) is 11.7 Å². The van der Waals surface area contributed by atoms with Gasteiger partial charge >= 0.3 is 0 Å². The van der Waals surface area contributed by atoms with E-state index in [9.17, 15) is 9.50 Å². The second-order valence-electron chi connectivity index (χ2n) is 4.23. The highest BCUT2D eigenvalue weighted by molar-refractivity contribution is 6.30. The number of hydrogen-bond acceptors (Lipinski definition) is 1. The van der Waals surface area contributed by atoms with Crippen molar-refractivity contribution >= 4 is 11.6 Å². The van der Waals surface area contributed by atoms with E-state index in [4.69, 9.17) is 11.6 Å². The van der Waals surface area contributed by atoms with Crippen LogP contribution in [0.15, 0.2) is 48.5 Å². The molecule has 0 aliphatic rings. The Morgan fingerprint density at radius 3 is 2.50 bits per heavy atom. The summed E-state index contributed by atoms with van der Waals surface area (Å²) >= 11 is 5.86. The summed E-state index contributed by atoms with van der Waals surface area (Å²) in [5.41, 5.74) is 1.53. The maximum absolute atomic E-state index is 13.6. The SMILES string of the molecule is OCC(Cc1cc(Cl)ccc1F)c1ccccc1. The molecule has 0 saturated carbocycles. The highest BCUT2D eigenvalue weighted by Gasteiger charge is 2.13. The predicted molar refractivity (Wildman–Crippen MR) is 71.4 cm³/mol. The molecule has 0 bridgehead atoms. The molecule has 0 radical (unpaired) electrons. The summed E-state index contributed by atoms with van der Waals surface area (Å²) in [5, 5.41) is 9.96. The van der Waals surface area contributed by atoms with E-state index in [-0.39, 0.29) is 18.3 Å². The van der Waals surface area contributed by atoms with Crippen LogP contribution < -0.4 is 0 Å². The molecule has 2 aromatic rings. The molecular weight excluding hydrogens is 251 g/mol. The van der Waals surface area contributed by atoms with Gasteiger partial charge in [-0.1, -0.05) is 41.9 Å². The highest BCUT2D eigenvalue weighted by atomic mass is 35.5. The van der Waals surface area contributed by atoms with Crippen LogP contribution in [0.1, 0.15) is 17.0 Å². The Kier molecular flexibility index (Phi) is 4.34. The quantitative estimate of drug-likeness (QED) is 0.891. The van der Waals surface area contributed by atoms with Crippen molar-refractivity contribution in [2.45, 2.75) is 12.3 Å². The molecule has 0 aliphatic carbocycles. The summed E-state index contributed by atoms with van der Waals surface area (Å²) in [5.74, 6) is -0.395. The van der Waals surface area contributed by atoms with Crippen molar-refractivity contribution in [3.05, 3.63) is 70.5 Å². The Morgan fingerprint density at radius 2 is 1.83 bits per heavy atom. The van der Waals surface area contributed by atoms with E-state index in [1.807, 2.05) is 30.3 Å². The largest absolute Gasteiger partial charge is 0.396 e. The van der Waals surface area contributed by atoms with Crippen LogP contribution in [-0.2, 0) is 6.42 Å². The third-order valence-corrected chi connectivity index (χ3v) is 3.20. The zero-order valence-corrected chi connectivity index (χ0v) is 10.6. The fraction of sp³-hybridized carbons (Fsp3) is 0.200. The maximum atomic E-state index is 13.6. The molecule has 1 nitrogen and oxygen atoms in total. The molecule has 2 aromatic carbocycles. The van der Waals surface area contributed by atoms with E-state index in [0.717, 1.165) is 5.56 Å². The molecule has 0 spiro atoms. The minimum atomic E-state index is -0.284. The van der Waals surface area contributed by atoms with Crippen molar-refractivity contribution in [2.75, 3.05) is 6.61 Å². The fourth-order valence-electron chi connectivity index (χ4n) is 1.98. The van der Waals surface area contributed by atoms with Crippen molar-refractivity contribution in [2.24, 2.45) is 0 Å². The van der Waals surface area contributed by atoms with Crippen molar-refractivity contribution < 1.29 is 9.50 Å². The molecule has 0 saturated heterocycles. The van der Waals surface area contributed by atoms with Gasteiger partial charge in [-0.3, -0.25) is 0 Å². The first-order valence-electron chi connectivity index (χ1n) is 5.80. The molecular formula is C15H14ClFO. The molecule has 94 valence electrons. The van der Waals surface area contributed by atoms with Crippen LogP contribution in [0.3, 0.4) is 0 Å². The lowest BCUT2D eigenvalue weighted by atomic mass is 9.92. The third-order valence-electron chi connectivity index (χ3n) is 2.97. The number of hydrogen-bond donors (Lipinski definition) is 1. The van der Waals surface area contributed by atoms with Crippen LogP contribution in [0, 0.1) is 5.82 Å². The van der Waals surface area contributed by atoms with Gasteiger partial charge in [-0.05, 0) is 35.7 Å². The standard InChI is InChI=1S/C15H14ClFO/c16-14-6-7-15(17)12(9-14)8-13(10-18)11-4-2-1-3-5-11/h1-7,9,13,18H,8,10H2. The van der Waals surface area contributed by atoms with Gasteiger partial charge in [0.1, 0.15) is 5.82 Å². The lowest BCUT2D eigenvalue weighted by Gasteiger charge is -2.15. The summed E-state index contributed by atoms with van der Waals surface area (Å²) in [7, 11) is 0. The normalized spacial score (nSPS) is 12.4. The molecule has 18 heavy (non-hydrogen) atoms. The first-order chi connectivity index (χ1) is 8.70. The molecule has 0 aliphatic heterocycles. The first-order valence-corrected chi connectivity index (χ1v) is 6.18. The van der Waals surface area contributed by atoms with Gasteiger partial charge in [-0.25, -0.2) is 4.39 Å². The average molecular weight is 265 g/mol. The number of halogens is 2. The van der Waals surface area contributed by atoms with Crippen molar-refractivity contribution in [1.82, 2.24) is 0 Å². The minimum absolute atomic E-state index is 0.0179. The molecule has 1 unspecified atom stereocenters. The van der Waals surface area contributed by atoms with E-state index in [2.05, 4.69) is 0 Å². The summed E-state index contributed by atoms with van der Waals surface area (Å²) in [6.07, 6.45) is 0.437. The minimum Gasteiger partial charge on any atom is -0.396 e. The Morgan fingerprint density at radius 1 is 1.11 bits per heavy atom. The second-order valence-corrected chi connectivity index (χ2v) is 4.67. The van der Waals surface area contributed by atoms with E-state index in [0.29, 0.717) is 17.0 Å². The smallest absolute Gasteiger partial charge is 0.126 e. The van der Waals surface area contributed by atoms with Gasteiger partial charge in [0.05, 0.1) is 6.61 Å². The predicted octanol–water partition coefficient (Wildman–Crippen LogP) is 3.80. The number of aliphatic hydroxyl groups is 1. The molecule has 0 aromatic heterocycles. The Labute approximate surface area is 111 Å². The van der Waals surface area contributed by atoms with Gasteiger partial charge in [-0.15, -0.1) is 0 Å². The third kappa shape index (κ3) is 3.09. The van der Waals surface area contributed by atoms with E-state index < -0.39 is 0 Å². The van der Waals surface area contributed by atoms with Gasteiger partial charge in [0.2, 0.25) is 0 Å². The van der Waals surface area contributed by atoms with Gasteiger partial charge in [0, 0.05) is 10.9 Å². The summed E-state index contributed by atoms with van der Waals surface area (Å²) in [4.78, 5) is 0. The monoisotopic (exact) mass is 264 g/mol. The molecule has 3 heteroatoms. The number of aliphatic hydroxyl groups excluding tert-OH is 1. The fourth-order valence-corrected chi connectivity index (χ4v) is 2.17. The van der Waals surface area contributed by atoms with E-state index in [1.165, 1.54) is 12.1 Å². The number of rotatable bonds is 4. The summed E-state index contributed by atoms with van der Waals surface area (Å²) in [6, 6.07) is 14.1. The molecule has 0 fully saturated rings. The Bertz CT molecular complexity index is 513. The zero-order valence-electron chi connectivity index (χ0n) is 9.81. The molecule has 1 atom stereocenters. The molecule has 1 N–H and O–H groups in total. The number of benzene rings is 2. The Balaban J connectivity index is 2.23. The molecule has 0 amide bonds. The van der Waals surface area contributed by atoms with Crippen molar-refractivity contribution in [3.63, 3.8) is 0 Å². The highest BCUT2D eigenvalue weighted by Crippen LogP contribution is 2.24. The van der Waals surface area contributed by atoms with Gasteiger partial charge in [0.15, 0.2) is 0 Å². The lowest BCUT2D eigenvalue weighted by Crippen LogP contribution is -2.08. The van der Waals surface area contributed by atoms with Crippen LogP contribution in [0.4, 0.5) is 4.39 Å². The average Bonchev–Trinajstić information content (AvgIpc) is 2.41. The van der Waals surface area contributed by atoms with Gasteiger partial charge in [-0.2, -0.15) is 0 Å². The van der Waals surface area contributed by atoms with Crippen molar-refractivity contribution in [1.29, 1.82) is 0 Å². The summed E-state index contributed by atoms with van der Waals surface area (Å²) < 4.78 is 13.6. The van der Waals surface area contributed by atoms with Crippen LogP contribution in [0.2, 0.25) is 5.02 Å². The van der Waals surface area contributed by atoms with Crippen LogP contribution in [0.5, 0.6) is 0 Å². The topological polar surface area (TPSA) is 20.2 Å². The molecule has 2 rings (SSSR count). The molecule has 0 heterocycles. The zero-order chi connectivity index (χ0) is 13.0. The van der Waals surface area contributed by atoms with Crippen LogP contribution >= 0.6 is 11.6 Å². The van der Waals surface area contributed by atoms with E-state index in [1.54, 1.807) is 6.07 Å². The maximum Gasteiger partial charge on any atom is 0.126 e. The Hall–Kier alpha value is -1.38. The second kappa shape index (κ2) is 5.98. The van der Waals surface area contributed by atoms with Gasteiger partial charge < -0.3 is 5.11 Å². The first kappa shape index (κ1) is 13.1. The summed E-state index contributed by atoms with van der Waals surface area (Å²) in [6.45, 7) is -0.0179. The van der Waals surface area contributed by atoms with E-state index >= 15 is 0 Å². The van der Waals surface area contributed by atoms with Gasteiger partial charge in [0.25, 0.3) is 0 Å². The van der Waals surface area contributed by atoms with Crippen LogP contribution in [0.25, 0.3) is 0 Å².